The molecule has 0 heterocycles. The molecule has 0 saturated heterocycles. The lowest BCUT2D eigenvalue weighted by molar-refractivity contribution is -0.128. The Morgan fingerprint density at radius 2 is 2.05 bits per heavy atom. The van der Waals surface area contributed by atoms with Crippen LogP contribution in [0.1, 0.15) is 39.2 Å². The van der Waals surface area contributed by atoms with Crippen LogP contribution in [0.15, 0.2) is 18.2 Å². The topological polar surface area (TPSA) is 64.3 Å². The van der Waals surface area contributed by atoms with Crippen molar-refractivity contribution in [2.45, 2.75) is 52.3 Å². The Balaban J connectivity index is 2.75. The summed E-state index contributed by atoms with van der Waals surface area (Å²) >= 11 is 0. The fourth-order valence-electron chi connectivity index (χ4n) is 1.89. The molecule has 1 unspecified atom stereocenters. The van der Waals surface area contributed by atoms with Gasteiger partial charge >= 0.3 is 0 Å². The molecule has 3 N–H and O–H groups in total. The van der Waals surface area contributed by atoms with Crippen LogP contribution in [0.2, 0.25) is 0 Å². The van der Waals surface area contributed by atoms with E-state index in [-0.39, 0.29) is 24.2 Å². The Hall–Kier alpha value is -1.62. The zero-order valence-electron chi connectivity index (χ0n) is 12.3. The lowest BCUT2D eigenvalue weighted by Crippen LogP contribution is -2.42. The molecule has 0 spiro atoms. The van der Waals surface area contributed by atoms with E-state index < -0.39 is 11.9 Å². The number of nitrogens with two attached hydrogens (primary N) is 1. The third kappa shape index (κ3) is 4.20. The molecule has 1 aromatic carbocycles. The van der Waals surface area contributed by atoms with Gasteiger partial charge in [0.1, 0.15) is 0 Å². The van der Waals surface area contributed by atoms with Gasteiger partial charge in [0.05, 0.1) is 0 Å². The minimum atomic E-state index is -0.766. The van der Waals surface area contributed by atoms with Crippen molar-refractivity contribution in [3.05, 3.63) is 29.6 Å². The van der Waals surface area contributed by atoms with Crippen LogP contribution in [0.25, 0.3) is 0 Å². The van der Waals surface area contributed by atoms with Crippen LogP contribution < -0.4 is 15.8 Å². The van der Waals surface area contributed by atoms with Gasteiger partial charge in [0.15, 0.2) is 17.7 Å². The van der Waals surface area contributed by atoms with Gasteiger partial charge in [-0.25, -0.2) is 4.39 Å². The Labute approximate surface area is 119 Å². The lowest BCUT2D eigenvalue weighted by Gasteiger charge is -2.20. The number of nitrogens with one attached hydrogen (secondary N) is 1. The summed E-state index contributed by atoms with van der Waals surface area (Å²) in [5.74, 6) is -0.692. The predicted octanol–water partition coefficient (Wildman–Crippen LogP) is 2.36. The summed E-state index contributed by atoms with van der Waals surface area (Å²) in [4.78, 5) is 12.0. The molecule has 0 radical (unpaired) electrons. The van der Waals surface area contributed by atoms with Gasteiger partial charge in [-0.2, -0.15) is 0 Å². The highest BCUT2D eigenvalue weighted by Gasteiger charge is 2.20. The molecular weight excluding hydrogens is 259 g/mol. The Kier molecular flexibility index (Phi) is 6.45. The van der Waals surface area contributed by atoms with Crippen LogP contribution in [0.4, 0.5) is 4.39 Å². The number of carbonyl (C=O) groups is 1. The van der Waals surface area contributed by atoms with Gasteiger partial charge in [-0.1, -0.05) is 26.0 Å². The average Bonchev–Trinajstić information content (AvgIpc) is 2.46. The monoisotopic (exact) mass is 282 g/mol. The molecule has 1 aromatic rings. The van der Waals surface area contributed by atoms with E-state index in [2.05, 4.69) is 5.32 Å². The maximum absolute atomic E-state index is 13.7. The van der Waals surface area contributed by atoms with Gasteiger partial charge in [-0.05, 0) is 25.8 Å². The van der Waals surface area contributed by atoms with Gasteiger partial charge in [-0.3, -0.25) is 4.79 Å². The van der Waals surface area contributed by atoms with E-state index >= 15 is 0 Å². The quantitative estimate of drug-likeness (QED) is 0.807. The Morgan fingerprint density at radius 3 is 2.60 bits per heavy atom. The van der Waals surface area contributed by atoms with E-state index in [0.29, 0.717) is 5.56 Å². The Morgan fingerprint density at radius 1 is 1.40 bits per heavy atom. The minimum absolute atomic E-state index is 0.0576. The van der Waals surface area contributed by atoms with Gasteiger partial charge in [0.25, 0.3) is 5.91 Å². The molecule has 0 aliphatic rings. The fraction of sp³-hybridized carbons (Fsp3) is 0.533. The number of benzene rings is 1. The van der Waals surface area contributed by atoms with Crippen molar-refractivity contribution in [2.24, 2.45) is 5.73 Å². The van der Waals surface area contributed by atoms with Crippen molar-refractivity contribution >= 4 is 5.91 Å². The molecule has 0 aliphatic carbocycles. The zero-order valence-corrected chi connectivity index (χ0v) is 12.3. The lowest BCUT2D eigenvalue weighted by atomic mass is 10.1. The standard InChI is InChI=1S/C15H23FN2O2/c1-4-12(5-2)18-15(19)10(3)20-14-11(9-17)7-6-8-13(14)16/h6-8,10,12H,4-5,9,17H2,1-3H3,(H,18,19). The number of halogens is 1. The van der Waals surface area contributed by atoms with Crippen LogP contribution in [0, 0.1) is 5.82 Å². The smallest absolute Gasteiger partial charge is 0.260 e. The van der Waals surface area contributed by atoms with Gasteiger partial charge < -0.3 is 15.8 Å². The first-order chi connectivity index (χ1) is 9.53. The third-order valence-electron chi connectivity index (χ3n) is 3.26. The molecule has 1 atom stereocenters. The van der Waals surface area contributed by atoms with Crippen LogP contribution in [-0.4, -0.2) is 18.1 Å². The van der Waals surface area contributed by atoms with Crippen LogP contribution in [-0.2, 0) is 11.3 Å². The van der Waals surface area contributed by atoms with E-state index in [4.69, 9.17) is 10.5 Å². The first kappa shape index (κ1) is 16.4. The molecule has 0 aromatic heterocycles. The zero-order chi connectivity index (χ0) is 15.1. The van der Waals surface area contributed by atoms with Gasteiger partial charge in [-0.15, -0.1) is 0 Å². The van der Waals surface area contributed by atoms with Crippen molar-refractivity contribution in [1.82, 2.24) is 5.32 Å². The second kappa shape index (κ2) is 7.85. The highest BCUT2D eigenvalue weighted by atomic mass is 19.1. The van der Waals surface area contributed by atoms with Crippen molar-refractivity contribution < 1.29 is 13.9 Å². The number of carbonyl (C=O) groups excluding carboxylic acids is 1. The fourth-order valence-corrected chi connectivity index (χ4v) is 1.89. The number of rotatable bonds is 7. The summed E-state index contributed by atoms with van der Waals surface area (Å²) < 4.78 is 19.2. The number of ether oxygens (including phenoxy) is 1. The molecule has 1 rings (SSSR count). The van der Waals surface area contributed by atoms with Crippen molar-refractivity contribution in [3.63, 3.8) is 0 Å². The van der Waals surface area contributed by atoms with Crippen molar-refractivity contribution in [2.75, 3.05) is 0 Å². The SMILES string of the molecule is CCC(CC)NC(=O)C(C)Oc1c(F)cccc1CN. The molecule has 0 bridgehead atoms. The maximum Gasteiger partial charge on any atom is 0.260 e. The minimum Gasteiger partial charge on any atom is -0.477 e. The first-order valence-electron chi connectivity index (χ1n) is 6.97. The number of hydrogen-bond donors (Lipinski definition) is 2. The van der Waals surface area contributed by atoms with Crippen molar-refractivity contribution in [1.29, 1.82) is 0 Å². The number of para-hydroxylation sites is 1. The third-order valence-corrected chi connectivity index (χ3v) is 3.26. The molecule has 4 nitrogen and oxygen atoms in total. The predicted molar refractivity (Wildman–Crippen MR) is 76.9 cm³/mol. The molecule has 0 saturated carbocycles. The average molecular weight is 282 g/mol. The molecule has 0 aliphatic heterocycles. The second-order valence-corrected chi connectivity index (χ2v) is 4.71. The van der Waals surface area contributed by atoms with Crippen LogP contribution in [0.3, 0.4) is 0 Å². The number of hydrogen-bond acceptors (Lipinski definition) is 3. The highest BCUT2D eigenvalue weighted by molar-refractivity contribution is 5.81. The summed E-state index contributed by atoms with van der Waals surface area (Å²) in [6, 6.07) is 4.66. The molecule has 5 heteroatoms. The molecule has 112 valence electrons. The van der Waals surface area contributed by atoms with Crippen LogP contribution >= 0.6 is 0 Å². The summed E-state index contributed by atoms with van der Waals surface area (Å²) in [5, 5.41) is 2.88. The van der Waals surface area contributed by atoms with E-state index in [1.165, 1.54) is 6.07 Å². The first-order valence-corrected chi connectivity index (χ1v) is 6.97. The van der Waals surface area contributed by atoms with Crippen molar-refractivity contribution in [3.8, 4) is 5.75 Å². The molecular formula is C15H23FN2O2. The summed E-state index contributed by atoms with van der Waals surface area (Å²) in [5.41, 5.74) is 6.10. The second-order valence-electron chi connectivity index (χ2n) is 4.71. The number of amides is 1. The highest BCUT2D eigenvalue weighted by Crippen LogP contribution is 2.23. The molecule has 1 amide bonds. The largest absolute Gasteiger partial charge is 0.477 e. The molecule has 20 heavy (non-hydrogen) atoms. The van der Waals surface area contributed by atoms with E-state index in [1.807, 2.05) is 13.8 Å². The van der Waals surface area contributed by atoms with E-state index in [9.17, 15) is 9.18 Å². The summed E-state index contributed by atoms with van der Waals surface area (Å²) in [6.07, 6.45) is 0.934. The summed E-state index contributed by atoms with van der Waals surface area (Å²) in [6.45, 7) is 5.77. The van der Waals surface area contributed by atoms with E-state index in [0.717, 1.165) is 12.8 Å². The van der Waals surface area contributed by atoms with Gasteiger partial charge in [0, 0.05) is 18.2 Å². The van der Waals surface area contributed by atoms with E-state index in [1.54, 1.807) is 19.1 Å². The maximum atomic E-state index is 13.7. The summed E-state index contributed by atoms with van der Waals surface area (Å²) in [7, 11) is 0. The van der Waals surface area contributed by atoms with Gasteiger partial charge in [0.2, 0.25) is 0 Å². The molecule has 0 fully saturated rings. The Bertz CT molecular complexity index is 447. The normalized spacial score (nSPS) is 12.3. The van der Waals surface area contributed by atoms with Crippen LogP contribution in [0.5, 0.6) is 5.75 Å².